The molecule has 84 valence electrons. The fourth-order valence-electron chi connectivity index (χ4n) is 1.12. The number of nitrogens with two attached hydrogens (primary N) is 1. The van der Waals surface area contributed by atoms with Crippen LogP contribution >= 0.6 is 0 Å². The lowest BCUT2D eigenvalue weighted by Gasteiger charge is -2.07. The van der Waals surface area contributed by atoms with E-state index in [1.54, 1.807) is 18.2 Å². The molecular weight excluding hydrogens is 204 g/mol. The predicted octanol–water partition coefficient (Wildman–Crippen LogP) is 0.787. The van der Waals surface area contributed by atoms with E-state index in [-0.39, 0.29) is 12.3 Å². The maximum Gasteiger partial charge on any atom is 0.232 e. The molecule has 0 radical (unpaired) electrons. The summed E-state index contributed by atoms with van der Waals surface area (Å²) in [5.74, 6) is 2.78. The Bertz CT molecular complexity index is 396. The van der Waals surface area contributed by atoms with Crippen molar-refractivity contribution in [1.82, 2.24) is 5.32 Å². The van der Waals surface area contributed by atoms with Crippen LogP contribution in [0, 0.1) is 12.3 Å². The minimum atomic E-state index is -0.168. The average molecular weight is 218 g/mol. The van der Waals surface area contributed by atoms with Crippen LogP contribution in [0.5, 0.6) is 5.75 Å². The third-order valence-corrected chi connectivity index (χ3v) is 1.81. The number of anilines is 1. The third kappa shape index (κ3) is 4.38. The van der Waals surface area contributed by atoms with E-state index in [2.05, 4.69) is 11.2 Å². The molecule has 0 saturated carbocycles. The van der Waals surface area contributed by atoms with Crippen molar-refractivity contribution in [3.8, 4) is 18.1 Å². The highest BCUT2D eigenvalue weighted by Gasteiger charge is 1.97. The highest BCUT2D eigenvalue weighted by Crippen LogP contribution is 2.13. The molecule has 1 aromatic carbocycles. The summed E-state index contributed by atoms with van der Waals surface area (Å²) in [6, 6.07) is 7.12. The fourth-order valence-corrected chi connectivity index (χ4v) is 1.12. The number of hydrogen-bond donors (Lipinski definition) is 2. The molecule has 0 aliphatic carbocycles. The van der Waals surface area contributed by atoms with Gasteiger partial charge in [0.15, 0.2) is 0 Å². The zero-order chi connectivity index (χ0) is 11.8. The molecule has 0 heterocycles. The first kappa shape index (κ1) is 11.9. The second-order valence-corrected chi connectivity index (χ2v) is 3.15. The Balaban J connectivity index is 2.21. The van der Waals surface area contributed by atoms with Crippen LogP contribution in [0.25, 0.3) is 0 Å². The Morgan fingerprint density at radius 1 is 1.56 bits per heavy atom. The van der Waals surface area contributed by atoms with Crippen LogP contribution in [0.15, 0.2) is 24.3 Å². The summed E-state index contributed by atoms with van der Waals surface area (Å²) >= 11 is 0. The number of amides is 1. The van der Waals surface area contributed by atoms with Crippen molar-refractivity contribution in [1.29, 1.82) is 0 Å². The van der Waals surface area contributed by atoms with Crippen LogP contribution < -0.4 is 15.8 Å². The quantitative estimate of drug-likeness (QED) is 0.436. The van der Waals surface area contributed by atoms with E-state index in [4.69, 9.17) is 16.9 Å². The van der Waals surface area contributed by atoms with E-state index in [0.29, 0.717) is 24.6 Å². The molecule has 3 N–H and O–H groups in total. The highest BCUT2D eigenvalue weighted by atomic mass is 16.5. The number of ether oxygens (including phenoxy) is 1. The second-order valence-electron chi connectivity index (χ2n) is 3.15. The molecular formula is C12H14N2O2. The Morgan fingerprint density at radius 3 is 3.06 bits per heavy atom. The van der Waals surface area contributed by atoms with Gasteiger partial charge in [-0.3, -0.25) is 4.79 Å². The van der Waals surface area contributed by atoms with Crippen molar-refractivity contribution in [2.75, 3.05) is 18.9 Å². The molecule has 1 rings (SSSR count). The van der Waals surface area contributed by atoms with Gasteiger partial charge in [-0.1, -0.05) is 12.0 Å². The maximum atomic E-state index is 11.0. The first-order chi connectivity index (χ1) is 7.72. The maximum absolute atomic E-state index is 11.0. The van der Waals surface area contributed by atoms with Crippen molar-refractivity contribution < 1.29 is 9.53 Å². The van der Waals surface area contributed by atoms with Crippen molar-refractivity contribution in [3.63, 3.8) is 0 Å². The predicted molar refractivity (Wildman–Crippen MR) is 62.8 cm³/mol. The van der Waals surface area contributed by atoms with E-state index < -0.39 is 0 Å². The standard InChI is InChI=1S/C12H14N2O2/c1-2-4-12(15)14-7-8-16-11-6-3-5-10(13)9-11/h1,3,5-6,9H,4,7-8,13H2,(H,14,15). The van der Waals surface area contributed by atoms with E-state index in [0.717, 1.165) is 0 Å². The SMILES string of the molecule is C#CCC(=O)NCCOc1cccc(N)c1. The van der Waals surface area contributed by atoms with Gasteiger partial charge < -0.3 is 15.8 Å². The van der Waals surface area contributed by atoms with E-state index in [1.807, 2.05) is 6.07 Å². The summed E-state index contributed by atoms with van der Waals surface area (Å²) in [5.41, 5.74) is 6.23. The van der Waals surface area contributed by atoms with Gasteiger partial charge in [0, 0.05) is 11.8 Å². The Morgan fingerprint density at radius 2 is 2.38 bits per heavy atom. The van der Waals surface area contributed by atoms with E-state index in [9.17, 15) is 4.79 Å². The number of nitrogens with one attached hydrogen (secondary N) is 1. The first-order valence-corrected chi connectivity index (χ1v) is 4.91. The summed E-state index contributed by atoms with van der Waals surface area (Å²) in [6.07, 6.45) is 5.08. The Labute approximate surface area is 94.8 Å². The molecule has 1 aromatic rings. The minimum absolute atomic E-state index is 0.0955. The van der Waals surface area contributed by atoms with Gasteiger partial charge in [0.1, 0.15) is 12.4 Å². The van der Waals surface area contributed by atoms with Gasteiger partial charge in [0.25, 0.3) is 0 Å². The van der Waals surface area contributed by atoms with Crippen LogP contribution in [0.3, 0.4) is 0 Å². The molecule has 4 nitrogen and oxygen atoms in total. The van der Waals surface area contributed by atoms with Crippen molar-refractivity contribution >= 4 is 11.6 Å². The van der Waals surface area contributed by atoms with Crippen LogP contribution in [0.1, 0.15) is 6.42 Å². The molecule has 0 aliphatic heterocycles. The topological polar surface area (TPSA) is 64.3 Å². The van der Waals surface area contributed by atoms with E-state index in [1.165, 1.54) is 0 Å². The number of benzene rings is 1. The average Bonchev–Trinajstić information content (AvgIpc) is 2.25. The van der Waals surface area contributed by atoms with Crippen LogP contribution in [-0.4, -0.2) is 19.1 Å². The number of nitrogen functional groups attached to an aromatic ring is 1. The normalized spacial score (nSPS) is 9.19. The Hall–Kier alpha value is -2.15. The Kier molecular flexibility index (Phi) is 4.74. The molecule has 0 aliphatic rings. The largest absolute Gasteiger partial charge is 0.492 e. The molecule has 0 unspecified atom stereocenters. The number of carbonyl (C=O) groups is 1. The summed E-state index contributed by atoms with van der Waals surface area (Å²) in [5, 5.41) is 2.63. The fraction of sp³-hybridized carbons (Fsp3) is 0.250. The zero-order valence-corrected chi connectivity index (χ0v) is 8.90. The van der Waals surface area contributed by atoms with Gasteiger partial charge in [-0.05, 0) is 12.1 Å². The summed E-state index contributed by atoms with van der Waals surface area (Å²) in [6.45, 7) is 0.815. The zero-order valence-electron chi connectivity index (χ0n) is 8.90. The van der Waals surface area contributed by atoms with Crippen molar-refractivity contribution in [3.05, 3.63) is 24.3 Å². The van der Waals surface area contributed by atoms with Gasteiger partial charge in [-0.2, -0.15) is 0 Å². The lowest BCUT2D eigenvalue weighted by Crippen LogP contribution is -2.27. The van der Waals surface area contributed by atoms with Gasteiger partial charge in [-0.15, -0.1) is 6.42 Å². The molecule has 16 heavy (non-hydrogen) atoms. The number of carbonyl (C=O) groups excluding carboxylic acids is 1. The molecule has 0 aromatic heterocycles. The summed E-state index contributed by atoms with van der Waals surface area (Å²) in [4.78, 5) is 11.0. The highest BCUT2D eigenvalue weighted by molar-refractivity contribution is 5.78. The van der Waals surface area contributed by atoms with Gasteiger partial charge in [0.2, 0.25) is 5.91 Å². The first-order valence-electron chi connectivity index (χ1n) is 4.91. The molecule has 0 saturated heterocycles. The number of terminal acetylenes is 1. The van der Waals surface area contributed by atoms with Gasteiger partial charge >= 0.3 is 0 Å². The monoisotopic (exact) mass is 218 g/mol. The number of rotatable bonds is 5. The van der Waals surface area contributed by atoms with Crippen molar-refractivity contribution in [2.24, 2.45) is 0 Å². The van der Waals surface area contributed by atoms with Crippen LogP contribution in [-0.2, 0) is 4.79 Å². The summed E-state index contributed by atoms with van der Waals surface area (Å²) < 4.78 is 5.37. The van der Waals surface area contributed by atoms with Gasteiger partial charge in [-0.25, -0.2) is 0 Å². The smallest absolute Gasteiger partial charge is 0.232 e. The molecule has 0 fully saturated rings. The van der Waals surface area contributed by atoms with Gasteiger partial charge in [0.05, 0.1) is 13.0 Å². The minimum Gasteiger partial charge on any atom is -0.492 e. The molecule has 4 heteroatoms. The lowest BCUT2D eigenvalue weighted by atomic mass is 10.3. The lowest BCUT2D eigenvalue weighted by molar-refractivity contribution is -0.120. The molecule has 0 atom stereocenters. The van der Waals surface area contributed by atoms with Crippen LogP contribution in [0.4, 0.5) is 5.69 Å². The molecule has 0 bridgehead atoms. The summed E-state index contributed by atoms with van der Waals surface area (Å²) in [7, 11) is 0. The van der Waals surface area contributed by atoms with Crippen molar-refractivity contribution in [2.45, 2.75) is 6.42 Å². The third-order valence-electron chi connectivity index (χ3n) is 1.81. The molecule has 1 amide bonds. The second kappa shape index (κ2) is 6.36. The van der Waals surface area contributed by atoms with Crippen LogP contribution in [0.2, 0.25) is 0 Å². The number of hydrogen-bond acceptors (Lipinski definition) is 3. The van der Waals surface area contributed by atoms with E-state index >= 15 is 0 Å². The molecule has 0 spiro atoms.